The Morgan fingerprint density at radius 3 is 2.56 bits per heavy atom. The van der Waals surface area contributed by atoms with E-state index in [1.165, 1.54) is 6.92 Å². The fourth-order valence-electron chi connectivity index (χ4n) is 1.74. The molecule has 0 unspecified atom stereocenters. The Bertz CT molecular complexity index is 596. The van der Waals surface area contributed by atoms with Gasteiger partial charge in [-0.15, -0.1) is 0 Å². The normalized spacial score (nSPS) is 10.6. The quantitative estimate of drug-likeness (QED) is 0.677. The van der Waals surface area contributed by atoms with E-state index in [1.807, 2.05) is 19.1 Å². The third kappa shape index (κ3) is 1.70. The van der Waals surface area contributed by atoms with Crippen LogP contribution >= 0.6 is 0 Å². The van der Waals surface area contributed by atoms with E-state index in [0.29, 0.717) is 10.0 Å². The van der Waals surface area contributed by atoms with Crippen molar-refractivity contribution in [3.63, 3.8) is 0 Å². The average molecular weight is 281 g/mol. The molecule has 0 aliphatic rings. The second kappa shape index (κ2) is 3.89. The van der Waals surface area contributed by atoms with Gasteiger partial charge in [0.15, 0.2) is 0 Å². The molecule has 2 aromatic rings. The third-order valence-corrected chi connectivity index (χ3v) is 4.88. The van der Waals surface area contributed by atoms with E-state index in [-0.39, 0.29) is 20.3 Å². The molecule has 1 aromatic heterocycles. The van der Waals surface area contributed by atoms with Crippen molar-refractivity contribution in [2.24, 2.45) is 0 Å². The van der Waals surface area contributed by atoms with Gasteiger partial charge in [-0.25, -0.2) is 0 Å². The molecule has 3 nitrogen and oxygen atoms in total. The summed E-state index contributed by atoms with van der Waals surface area (Å²) in [6, 6.07) is 5.42. The van der Waals surface area contributed by atoms with Crippen LogP contribution in [0.15, 0.2) is 18.2 Å². The molecular formula is C12H10O3Se. The van der Waals surface area contributed by atoms with Gasteiger partial charge >= 0.3 is 98.2 Å². The van der Waals surface area contributed by atoms with Crippen molar-refractivity contribution in [2.75, 3.05) is 0 Å². The van der Waals surface area contributed by atoms with Gasteiger partial charge in [-0.3, -0.25) is 0 Å². The van der Waals surface area contributed by atoms with Gasteiger partial charge in [0.2, 0.25) is 0 Å². The number of rotatable bonds is 2. The number of carboxylic acid groups (broad SMARTS) is 1. The van der Waals surface area contributed by atoms with E-state index in [4.69, 9.17) is 5.11 Å². The number of carboxylic acids is 1. The van der Waals surface area contributed by atoms with Crippen LogP contribution < -0.4 is 0 Å². The van der Waals surface area contributed by atoms with Crippen molar-refractivity contribution in [2.45, 2.75) is 13.8 Å². The number of aromatic carboxylic acids is 1. The molecule has 0 saturated carbocycles. The summed E-state index contributed by atoms with van der Waals surface area (Å²) in [5.74, 6) is -0.875. The molecule has 82 valence electrons. The van der Waals surface area contributed by atoms with Gasteiger partial charge < -0.3 is 0 Å². The number of hydrogen-bond acceptors (Lipinski definition) is 2. The Balaban J connectivity index is 2.82. The first-order chi connectivity index (χ1) is 7.50. The van der Waals surface area contributed by atoms with Gasteiger partial charge in [-0.1, -0.05) is 0 Å². The Kier molecular flexibility index (Phi) is 2.70. The van der Waals surface area contributed by atoms with Crippen molar-refractivity contribution in [1.29, 1.82) is 0 Å². The van der Waals surface area contributed by atoms with Gasteiger partial charge in [0.25, 0.3) is 0 Å². The monoisotopic (exact) mass is 282 g/mol. The number of carbonyl (C=O) groups is 2. The second-order valence-corrected chi connectivity index (χ2v) is 5.86. The molecule has 0 amide bonds. The molecule has 0 aliphatic heterocycles. The maximum absolute atomic E-state index is 11.5. The zero-order valence-electron chi connectivity index (χ0n) is 8.90. The Labute approximate surface area is 98.4 Å². The van der Waals surface area contributed by atoms with Crippen LogP contribution in [0.3, 0.4) is 0 Å². The summed E-state index contributed by atoms with van der Waals surface area (Å²) in [5, 5.41) is 9.83. The predicted molar refractivity (Wildman–Crippen MR) is 62.6 cm³/mol. The number of ketones is 1. The van der Waals surface area contributed by atoms with Gasteiger partial charge in [-0.05, 0) is 0 Å². The van der Waals surface area contributed by atoms with E-state index in [2.05, 4.69) is 0 Å². The molecule has 0 saturated heterocycles. The molecule has 1 heterocycles. The van der Waals surface area contributed by atoms with Gasteiger partial charge in [0.1, 0.15) is 0 Å². The number of carbonyl (C=O) groups excluding carboxylic acids is 1. The summed E-state index contributed by atoms with van der Waals surface area (Å²) in [4.78, 5) is 22.4. The first-order valence-electron chi connectivity index (χ1n) is 4.78. The molecule has 16 heavy (non-hydrogen) atoms. The maximum atomic E-state index is 11.5. The average Bonchev–Trinajstić information content (AvgIpc) is 2.60. The van der Waals surface area contributed by atoms with Crippen LogP contribution in [0.4, 0.5) is 0 Å². The van der Waals surface area contributed by atoms with Gasteiger partial charge in [-0.2, -0.15) is 0 Å². The molecular weight excluding hydrogens is 271 g/mol. The molecule has 0 aliphatic carbocycles. The SMILES string of the molecule is CC(=O)c1c(C)ccc2cc(C(=O)O)[se]c12. The van der Waals surface area contributed by atoms with E-state index in [9.17, 15) is 9.59 Å². The van der Waals surface area contributed by atoms with E-state index in [1.54, 1.807) is 6.07 Å². The van der Waals surface area contributed by atoms with Gasteiger partial charge in [0.05, 0.1) is 0 Å². The molecule has 0 radical (unpaired) electrons. The number of fused-ring (bicyclic) bond motifs is 1. The summed E-state index contributed by atoms with van der Waals surface area (Å²) in [7, 11) is 0. The van der Waals surface area contributed by atoms with Gasteiger partial charge in [0, 0.05) is 0 Å². The van der Waals surface area contributed by atoms with Crippen LogP contribution in [0.5, 0.6) is 0 Å². The van der Waals surface area contributed by atoms with E-state index in [0.717, 1.165) is 15.2 Å². The first kappa shape index (κ1) is 11.1. The molecule has 0 atom stereocenters. The zero-order valence-corrected chi connectivity index (χ0v) is 10.6. The van der Waals surface area contributed by atoms with Crippen molar-refractivity contribution in [3.05, 3.63) is 33.8 Å². The second-order valence-electron chi connectivity index (χ2n) is 3.65. The van der Waals surface area contributed by atoms with Crippen molar-refractivity contribution in [1.82, 2.24) is 0 Å². The number of aryl methyl sites for hydroxylation is 1. The molecule has 2 rings (SSSR count). The van der Waals surface area contributed by atoms with E-state index >= 15 is 0 Å². The minimum absolute atomic E-state index is 0.0104. The topological polar surface area (TPSA) is 54.4 Å². The van der Waals surface area contributed by atoms with Crippen LogP contribution in [0.2, 0.25) is 0 Å². The van der Waals surface area contributed by atoms with Crippen LogP contribution in [-0.4, -0.2) is 31.4 Å². The predicted octanol–water partition coefficient (Wildman–Crippen LogP) is 2.11. The Morgan fingerprint density at radius 2 is 2.00 bits per heavy atom. The van der Waals surface area contributed by atoms with Crippen LogP contribution in [0.1, 0.15) is 32.1 Å². The van der Waals surface area contributed by atoms with Crippen LogP contribution in [0, 0.1) is 6.92 Å². The zero-order chi connectivity index (χ0) is 11.9. The van der Waals surface area contributed by atoms with Crippen molar-refractivity contribution < 1.29 is 14.7 Å². The fraction of sp³-hybridized carbons (Fsp3) is 0.167. The molecule has 0 fully saturated rings. The number of benzene rings is 1. The Morgan fingerprint density at radius 1 is 1.31 bits per heavy atom. The molecule has 4 heteroatoms. The summed E-state index contributed by atoms with van der Waals surface area (Å²) < 4.78 is 1.33. The third-order valence-electron chi connectivity index (χ3n) is 2.46. The first-order valence-corrected chi connectivity index (χ1v) is 6.49. The minimum atomic E-state index is -0.886. The number of Topliss-reactive ketones (excluding diaryl/α,β-unsaturated/α-hetero) is 1. The molecule has 0 spiro atoms. The fourth-order valence-corrected chi connectivity index (χ4v) is 4.15. The van der Waals surface area contributed by atoms with Crippen molar-refractivity contribution >= 4 is 35.9 Å². The summed E-state index contributed by atoms with van der Waals surface area (Å²) in [6.45, 7) is 3.41. The Hall–Kier alpha value is -1.38. The van der Waals surface area contributed by atoms with Crippen molar-refractivity contribution in [3.8, 4) is 0 Å². The summed E-state index contributed by atoms with van der Waals surface area (Å²) >= 11 is -0.256. The molecule has 1 aromatic carbocycles. The summed E-state index contributed by atoms with van der Waals surface area (Å²) in [6.07, 6.45) is 0. The molecule has 1 N–H and O–H groups in total. The standard InChI is InChI=1S/C12H10O3Se/c1-6-3-4-8-5-9(12(14)15)16-11(8)10(6)7(2)13/h3-5H,1-2H3,(H,14,15). The summed E-state index contributed by atoms with van der Waals surface area (Å²) in [5.41, 5.74) is 1.62. The number of hydrogen-bond donors (Lipinski definition) is 1. The van der Waals surface area contributed by atoms with E-state index < -0.39 is 5.97 Å². The van der Waals surface area contributed by atoms with Crippen LogP contribution in [0.25, 0.3) is 9.65 Å². The van der Waals surface area contributed by atoms with Crippen LogP contribution in [-0.2, 0) is 0 Å². The molecule has 0 bridgehead atoms.